The molecule has 0 unspecified atom stereocenters. The van der Waals surface area contributed by atoms with Gasteiger partial charge in [-0.3, -0.25) is 9.69 Å². The average molecular weight is 468 g/mol. The molecule has 1 amide bonds. The number of para-hydroxylation sites is 1. The zero-order chi connectivity index (χ0) is 23.0. The van der Waals surface area contributed by atoms with Crippen molar-refractivity contribution in [2.24, 2.45) is 7.05 Å². The van der Waals surface area contributed by atoms with Gasteiger partial charge in [-0.05, 0) is 36.4 Å². The van der Waals surface area contributed by atoms with Crippen LogP contribution in [0.1, 0.15) is 0 Å². The van der Waals surface area contributed by atoms with Crippen LogP contribution in [0.2, 0.25) is 0 Å². The van der Waals surface area contributed by atoms with Crippen molar-refractivity contribution in [3.63, 3.8) is 0 Å². The number of hydrogen-bond acceptors (Lipinski definition) is 7. The third-order valence-electron chi connectivity index (χ3n) is 5.65. The molecule has 3 aromatic rings. The Hall–Kier alpha value is -3.04. The molecule has 0 N–H and O–H groups in total. The molecule has 33 heavy (non-hydrogen) atoms. The zero-order valence-electron chi connectivity index (χ0n) is 19.0. The summed E-state index contributed by atoms with van der Waals surface area (Å²) in [5.74, 6) is 2.94. The lowest BCUT2D eigenvalue weighted by atomic mass is 10.2. The quantitative estimate of drug-likeness (QED) is 0.448. The second kappa shape index (κ2) is 11.2. The second-order valence-electron chi connectivity index (χ2n) is 7.77. The predicted molar refractivity (Wildman–Crippen MR) is 129 cm³/mol. The summed E-state index contributed by atoms with van der Waals surface area (Å²) in [6.45, 7) is 4.71. The summed E-state index contributed by atoms with van der Waals surface area (Å²) in [4.78, 5) is 17.0. The number of nitrogens with zero attached hydrogens (tertiary/aromatic N) is 5. The maximum atomic E-state index is 12.7. The van der Waals surface area contributed by atoms with Crippen molar-refractivity contribution < 1.29 is 14.3 Å². The highest BCUT2D eigenvalue weighted by atomic mass is 32.2. The molecule has 9 heteroatoms. The first-order valence-corrected chi connectivity index (χ1v) is 12.0. The Morgan fingerprint density at radius 1 is 0.970 bits per heavy atom. The molecular weight excluding hydrogens is 438 g/mol. The van der Waals surface area contributed by atoms with Gasteiger partial charge in [-0.25, -0.2) is 0 Å². The minimum absolute atomic E-state index is 0.134. The minimum atomic E-state index is 0.134. The smallest absolute Gasteiger partial charge is 0.233 e. The van der Waals surface area contributed by atoms with Gasteiger partial charge in [0.2, 0.25) is 5.91 Å². The average Bonchev–Trinajstić information content (AvgIpc) is 3.23. The molecule has 0 atom stereocenters. The van der Waals surface area contributed by atoms with Crippen molar-refractivity contribution in [3.8, 4) is 22.9 Å². The summed E-state index contributed by atoms with van der Waals surface area (Å²) < 4.78 is 12.9. The van der Waals surface area contributed by atoms with E-state index in [0.29, 0.717) is 12.4 Å². The molecule has 1 aliphatic heterocycles. The molecular formula is C24H29N5O3S. The number of hydrogen-bond donors (Lipinski definition) is 0. The van der Waals surface area contributed by atoms with Crippen LogP contribution < -0.4 is 9.47 Å². The lowest BCUT2D eigenvalue weighted by Crippen LogP contribution is -2.50. The fourth-order valence-corrected chi connectivity index (χ4v) is 4.49. The molecule has 0 saturated carbocycles. The van der Waals surface area contributed by atoms with Crippen LogP contribution in [0.25, 0.3) is 11.4 Å². The molecule has 174 valence electrons. The number of carbonyl (C=O) groups excluding carboxylic acids is 1. The summed E-state index contributed by atoms with van der Waals surface area (Å²) in [5.41, 5.74) is 0.955. The van der Waals surface area contributed by atoms with Gasteiger partial charge in [-0.2, -0.15) is 0 Å². The Bertz CT molecular complexity index is 1030. The Morgan fingerprint density at radius 3 is 2.39 bits per heavy atom. The van der Waals surface area contributed by atoms with E-state index in [0.717, 1.165) is 60.8 Å². The number of thioether (sulfide) groups is 1. The van der Waals surface area contributed by atoms with E-state index < -0.39 is 0 Å². The van der Waals surface area contributed by atoms with Gasteiger partial charge >= 0.3 is 0 Å². The number of methoxy groups -OCH3 is 1. The van der Waals surface area contributed by atoms with Crippen LogP contribution in [-0.4, -0.2) is 82.7 Å². The summed E-state index contributed by atoms with van der Waals surface area (Å²) in [7, 11) is 3.56. The molecule has 4 rings (SSSR count). The topological polar surface area (TPSA) is 72.7 Å². The number of rotatable bonds is 9. The Kier molecular flexibility index (Phi) is 7.85. The first-order valence-electron chi connectivity index (χ1n) is 11.0. The van der Waals surface area contributed by atoms with Gasteiger partial charge in [0.05, 0.1) is 12.9 Å². The van der Waals surface area contributed by atoms with E-state index >= 15 is 0 Å². The van der Waals surface area contributed by atoms with Gasteiger partial charge in [0, 0.05) is 45.3 Å². The largest absolute Gasteiger partial charge is 0.497 e. The first-order chi connectivity index (χ1) is 16.1. The van der Waals surface area contributed by atoms with Crippen LogP contribution in [0.15, 0.2) is 59.8 Å². The summed E-state index contributed by atoms with van der Waals surface area (Å²) in [6.07, 6.45) is 0. The lowest BCUT2D eigenvalue weighted by molar-refractivity contribution is -0.130. The zero-order valence-corrected chi connectivity index (χ0v) is 19.8. The van der Waals surface area contributed by atoms with Gasteiger partial charge in [0.15, 0.2) is 11.0 Å². The fraction of sp³-hybridized carbons (Fsp3) is 0.375. The van der Waals surface area contributed by atoms with Crippen LogP contribution in [-0.2, 0) is 11.8 Å². The van der Waals surface area contributed by atoms with E-state index in [1.807, 2.05) is 71.1 Å². The van der Waals surface area contributed by atoms with Gasteiger partial charge < -0.3 is 18.9 Å². The maximum absolute atomic E-state index is 12.7. The number of benzene rings is 2. The maximum Gasteiger partial charge on any atom is 0.233 e. The molecule has 0 radical (unpaired) electrons. The van der Waals surface area contributed by atoms with E-state index in [4.69, 9.17) is 9.47 Å². The van der Waals surface area contributed by atoms with Gasteiger partial charge in [0.1, 0.15) is 18.1 Å². The molecule has 0 spiro atoms. The SMILES string of the molecule is COc1ccc(-c2nnc(SCC(=O)N3CCN(CCOc4ccccc4)CC3)n2C)cc1. The number of amides is 1. The summed E-state index contributed by atoms with van der Waals surface area (Å²) >= 11 is 1.42. The van der Waals surface area contributed by atoms with Crippen molar-refractivity contribution in [2.45, 2.75) is 5.16 Å². The predicted octanol–water partition coefficient (Wildman–Crippen LogP) is 2.81. The highest BCUT2D eigenvalue weighted by Crippen LogP contribution is 2.24. The van der Waals surface area contributed by atoms with Gasteiger partial charge in [-0.15, -0.1) is 10.2 Å². The fourth-order valence-electron chi connectivity index (χ4n) is 3.68. The molecule has 1 aromatic heterocycles. The first kappa shape index (κ1) is 23.1. The van der Waals surface area contributed by atoms with Crippen LogP contribution in [0.3, 0.4) is 0 Å². The molecule has 1 fully saturated rings. The number of piperazine rings is 1. The van der Waals surface area contributed by atoms with Crippen molar-refractivity contribution in [1.82, 2.24) is 24.6 Å². The Balaban J connectivity index is 1.21. The molecule has 8 nitrogen and oxygen atoms in total. The van der Waals surface area contributed by atoms with Gasteiger partial charge in [0.25, 0.3) is 0 Å². The van der Waals surface area contributed by atoms with E-state index in [1.165, 1.54) is 11.8 Å². The second-order valence-corrected chi connectivity index (χ2v) is 8.71. The Labute approximate surface area is 198 Å². The standard InChI is InChI=1S/C24H29N5O3S/c1-27-23(19-8-10-20(31-2)11-9-19)25-26-24(27)33-18-22(30)29-14-12-28(13-15-29)16-17-32-21-6-4-3-5-7-21/h3-11H,12-18H2,1-2H3. The van der Waals surface area contributed by atoms with E-state index in [-0.39, 0.29) is 5.91 Å². The number of ether oxygens (including phenoxy) is 2. The number of carbonyl (C=O) groups is 1. The highest BCUT2D eigenvalue weighted by molar-refractivity contribution is 7.99. The highest BCUT2D eigenvalue weighted by Gasteiger charge is 2.22. The third-order valence-corrected chi connectivity index (χ3v) is 6.66. The van der Waals surface area contributed by atoms with Crippen molar-refractivity contribution in [2.75, 3.05) is 52.2 Å². The normalized spacial score (nSPS) is 14.3. The summed E-state index contributed by atoms with van der Waals surface area (Å²) in [6, 6.07) is 17.5. The van der Waals surface area contributed by atoms with E-state index in [9.17, 15) is 4.79 Å². The van der Waals surface area contributed by atoms with Crippen LogP contribution in [0.5, 0.6) is 11.5 Å². The minimum Gasteiger partial charge on any atom is -0.497 e. The van der Waals surface area contributed by atoms with Gasteiger partial charge in [-0.1, -0.05) is 30.0 Å². The molecule has 2 aromatic carbocycles. The van der Waals surface area contributed by atoms with E-state index in [2.05, 4.69) is 15.1 Å². The van der Waals surface area contributed by atoms with Crippen molar-refractivity contribution in [3.05, 3.63) is 54.6 Å². The summed E-state index contributed by atoms with van der Waals surface area (Å²) in [5, 5.41) is 9.30. The third kappa shape index (κ3) is 6.06. The molecule has 1 saturated heterocycles. The molecule has 1 aliphatic rings. The van der Waals surface area contributed by atoms with Crippen molar-refractivity contribution in [1.29, 1.82) is 0 Å². The Morgan fingerprint density at radius 2 is 1.70 bits per heavy atom. The van der Waals surface area contributed by atoms with Crippen LogP contribution in [0, 0.1) is 0 Å². The molecule has 0 aliphatic carbocycles. The van der Waals surface area contributed by atoms with Crippen LogP contribution >= 0.6 is 11.8 Å². The number of aromatic nitrogens is 3. The lowest BCUT2D eigenvalue weighted by Gasteiger charge is -2.34. The molecule has 2 heterocycles. The molecule has 0 bridgehead atoms. The van der Waals surface area contributed by atoms with Crippen LogP contribution in [0.4, 0.5) is 0 Å². The van der Waals surface area contributed by atoms with E-state index in [1.54, 1.807) is 7.11 Å². The monoisotopic (exact) mass is 467 g/mol. The van der Waals surface area contributed by atoms with Crippen molar-refractivity contribution >= 4 is 17.7 Å².